The van der Waals surface area contributed by atoms with Crippen molar-refractivity contribution in [3.8, 4) is 41.2 Å². The van der Waals surface area contributed by atoms with Crippen LogP contribution in [0.3, 0.4) is 0 Å². The molecule has 11 nitrogen and oxygen atoms in total. The third kappa shape index (κ3) is 6.18. The molecule has 0 radical (unpaired) electrons. The molecule has 14 heteroatoms. The van der Waals surface area contributed by atoms with Gasteiger partial charge >= 0.3 is 6.01 Å². The third-order valence-electron chi connectivity index (χ3n) is 12.5. The molecule has 5 heterocycles. The second kappa shape index (κ2) is 14.1. The summed E-state index contributed by atoms with van der Waals surface area (Å²) in [5.74, 6) is 1.58. The minimum absolute atomic E-state index is 0.00130. The number of rotatable bonds is 7. The molecule has 1 N–H and O–H groups in total. The van der Waals surface area contributed by atoms with Crippen molar-refractivity contribution >= 4 is 37.3 Å². The van der Waals surface area contributed by atoms with Crippen molar-refractivity contribution in [3.05, 3.63) is 41.5 Å². The van der Waals surface area contributed by atoms with Crippen LogP contribution in [-0.4, -0.2) is 103 Å². The quantitative estimate of drug-likeness (QED) is 0.222. The first kappa shape index (κ1) is 36.6. The summed E-state index contributed by atoms with van der Waals surface area (Å²) < 4.78 is 75.1. The first-order valence-electron chi connectivity index (χ1n) is 18.8. The summed E-state index contributed by atoms with van der Waals surface area (Å²) in [4.78, 5) is 18.8. The van der Waals surface area contributed by atoms with Gasteiger partial charge in [-0.25, -0.2) is 22.2 Å². The fraction of sp³-hybridized carbons (Fsp3) is 0.525. The van der Waals surface area contributed by atoms with Gasteiger partial charge in [0.25, 0.3) is 0 Å². The molecule has 3 saturated heterocycles. The van der Waals surface area contributed by atoms with E-state index >= 15 is 8.78 Å². The number of fused-ring (bicyclic) bond motifs is 3. The number of phenolic OH excluding ortho intramolecular Hbond substituents is 1. The van der Waals surface area contributed by atoms with Gasteiger partial charge in [-0.15, -0.1) is 6.42 Å². The molecule has 4 aromatic rings. The largest absolute Gasteiger partial charge is 0.508 e. The highest BCUT2D eigenvalue weighted by atomic mass is 32.2. The van der Waals surface area contributed by atoms with Gasteiger partial charge in [-0.05, 0) is 82.0 Å². The molecule has 54 heavy (non-hydrogen) atoms. The molecular weight excluding hydrogens is 717 g/mol. The predicted molar refractivity (Wildman–Crippen MR) is 202 cm³/mol. The summed E-state index contributed by atoms with van der Waals surface area (Å²) in [6.07, 6.45) is 12.5. The Morgan fingerprint density at radius 1 is 1.02 bits per heavy atom. The van der Waals surface area contributed by atoms with E-state index in [0.717, 1.165) is 38.6 Å². The number of pyridine rings is 1. The Morgan fingerprint density at radius 2 is 1.81 bits per heavy atom. The summed E-state index contributed by atoms with van der Waals surface area (Å²) in [6, 6.07) is 5.61. The Bertz CT molecular complexity index is 2260. The van der Waals surface area contributed by atoms with E-state index in [-0.39, 0.29) is 79.3 Å². The Balaban J connectivity index is 1.24. The number of aromatic hydroxyl groups is 1. The van der Waals surface area contributed by atoms with E-state index < -0.39 is 21.5 Å². The maximum atomic E-state index is 17.3. The molecular formula is C40H45F2N5O6S. The van der Waals surface area contributed by atoms with Crippen molar-refractivity contribution in [2.24, 2.45) is 5.41 Å². The van der Waals surface area contributed by atoms with E-state index in [2.05, 4.69) is 22.7 Å². The van der Waals surface area contributed by atoms with Crippen LogP contribution in [0.15, 0.2) is 24.3 Å². The van der Waals surface area contributed by atoms with Gasteiger partial charge in [-0.2, -0.15) is 9.97 Å². The van der Waals surface area contributed by atoms with Crippen LogP contribution in [0.2, 0.25) is 0 Å². The fourth-order valence-electron chi connectivity index (χ4n) is 9.69. The zero-order chi connectivity index (χ0) is 37.8. The lowest BCUT2D eigenvalue weighted by atomic mass is 9.66. The molecule has 4 aliphatic rings. The van der Waals surface area contributed by atoms with Crippen LogP contribution >= 0.6 is 0 Å². The average Bonchev–Trinajstić information content (AvgIpc) is 3.30. The van der Waals surface area contributed by atoms with E-state index in [9.17, 15) is 13.5 Å². The minimum Gasteiger partial charge on any atom is -0.508 e. The van der Waals surface area contributed by atoms with Crippen molar-refractivity contribution in [1.82, 2.24) is 19.9 Å². The number of likely N-dealkylation sites (tertiary alicyclic amines) is 1. The van der Waals surface area contributed by atoms with Crippen molar-refractivity contribution in [2.45, 2.75) is 69.9 Å². The molecule has 3 aliphatic heterocycles. The molecule has 2 aromatic carbocycles. The first-order chi connectivity index (χ1) is 26.0. The third-order valence-corrected chi connectivity index (χ3v) is 14.2. The standard InChI is InChI=1S/C40H45F2N5O6S/c1-4-28-30(41)9-8-25-22-27(48)23-29(31(25)28)34-33(42)35-32(37(43-34)51-3)36(46-15-7-18-52-19-17-46)45-38(44-35)53-24-40-13-5-12-39(40,2)47(16-6-14-40)26-10-20-54(49,50)21-11-26/h1,8-9,22-23,26,48H,5-7,10-21,24H2,2-3H3. The second-order valence-electron chi connectivity index (χ2n) is 15.3. The van der Waals surface area contributed by atoms with Gasteiger partial charge in [0.15, 0.2) is 5.82 Å². The van der Waals surface area contributed by atoms with Crippen LogP contribution in [-0.2, 0) is 14.6 Å². The van der Waals surface area contributed by atoms with Crippen molar-refractivity contribution in [3.63, 3.8) is 0 Å². The van der Waals surface area contributed by atoms with Crippen LogP contribution in [0.1, 0.15) is 63.9 Å². The summed E-state index contributed by atoms with van der Waals surface area (Å²) >= 11 is 0. The highest BCUT2D eigenvalue weighted by Gasteiger charge is 2.58. The number of aromatic nitrogens is 3. The van der Waals surface area contributed by atoms with E-state index in [0.29, 0.717) is 63.4 Å². The van der Waals surface area contributed by atoms with Crippen LogP contribution in [0.5, 0.6) is 17.6 Å². The molecule has 2 unspecified atom stereocenters. The summed E-state index contributed by atoms with van der Waals surface area (Å²) in [7, 11) is -1.58. The van der Waals surface area contributed by atoms with Crippen LogP contribution in [0, 0.1) is 29.4 Å². The Morgan fingerprint density at radius 3 is 2.59 bits per heavy atom. The number of hydrogen-bond donors (Lipinski definition) is 1. The molecule has 1 aliphatic carbocycles. The maximum absolute atomic E-state index is 17.3. The summed E-state index contributed by atoms with van der Waals surface area (Å²) in [5.41, 5.74) is -0.791. The molecule has 2 aromatic heterocycles. The van der Waals surface area contributed by atoms with E-state index in [1.165, 1.54) is 31.4 Å². The number of sulfone groups is 1. The van der Waals surface area contributed by atoms with Crippen LogP contribution in [0.25, 0.3) is 32.9 Å². The SMILES string of the molecule is C#Cc1c(F)ccc2cc(O)cc(-c3nc(OC)c4c(N5CCCOCC5)nc(OCC56CCCN(C7CCS(=O)(=O)CC7)C5(C)CCC6)nc4c3F)c12. The number of nitrogens with zero attached hydrogens (tertiary/aromatic N) is 5. The molecule has 0 amide bonds. The highest BCUT2D eigenvalue weighted by Crippen LogP contribution is 2.56. The topological polar surface area (TPSA) is 127 Å². The fourth-order valence-corrected chi connectivity index (χ4v) is 11.2. The Hall–Kier alpha value is -4.32. The van der Waals surface area contributed by atoms with Crippen molar-refractivity contribution in [1.29, 1.82) is 0 Å². The molecule has 4 fully saturated rings. The second-order valence-corrected chi connectivity index (χ2v) is 17.6. The van der Waals surface area contributed by atoms with Crippen LogP contribution < -0.4 is 14.4 Å². The number of piperidine rings is 1. The molecule has 0 spiro atoms. The summed E-state index contributed by atoms with van der Waals surface area (Å²) in [5, 5.41) is 11.6. The Labute approximate surface area is 313 Å². The van der Waals surface area contributed by atoms with E-state index in [1.54, 1.807) is 0 Å². The lowest BCUT2D eigenvalue weighted by Crippen LogP contribution is -2.64. The first-order valence-corrected chi connectivity index (χ1v) is 20.6. The number of anilines is 1. The molecule has 8 rings (SSSR count). The number of halogens is 2. The lowest BCUT2D eigenvalue weighted by Gasteiger charge is -2.57. The van der Waals surface area contributed by atoms with Gasteiger partial charge in [0.1, 0.15) is 43.8 Å². The number of hydrogen-bond acceptors (Lipinski definition) is 11. The number of terminal acetylenes is 1. The average molecular weight is 762 g/mol. The van der Waals surface area contributed by atoms with Crippen LogP contribution in [0.4, 0.5) is 14.6 Å². The number of phenols is 1. The zero-order valence-corrected chi connectivity index (χ0v) is 31.5. The van der Waals surface area contributed by atoms with Gasteiger partial charge in [-0.3, -0.25) is 4.90 Å². The number of benzene rings is 2. The molecule has 0 bridgehead atoms. The minimum atomic E-state index is -3.00. The van der Waals surface area contributed by atoms with Crippen molar-refractivity contribution in [2.75, 3.05) is 63.0 Å². The smallest absolute Gasteiger partial charge is 0.319 e. The maximum Gasteiger partial charge on any atom is 0.319 e. The zero-order valence-electron chi connectivity index (χ0n) is 30.7. The van der Waals surface area contributed by atoms with E-state index in [1.807, 2.05) is 4.90 Å². The van der Waals surface area contributed by atoms with Gasteiger partial charge in [0.2, 0.25) is 5.88 Å². The highest BCUT2D eigenvalue weighted by molar-refractivity contribution is 7.91. The van der Waals surface area contributed by atoms with E-state index in [4.69, 9.17) is 30.6 Å². The van der Waals surface area contributed by atoms with Gasteiger partial charge < -0.3 is 24.2 Å². The van der Waals surface area contributed by atoms with Gasteiger partial charge in [0, 0.05) is 47.6 Å². The molecule has 2 atom stereocenters. The predicted octanol–water partition coefficient (Wildman–Crippen LogP) is 6.03. The molecule has 1 saturated carbocycles. The molecule has 286 valence electrons. The van der Waals surface area contributed by atoms with Gasteiger partial charge in [-0.1, -0.05) is 18.4 Å². The normalized spacial score (nSPS) is 25.0. The monoisotopic (exact) mass is 761 g/mol. The summed E-state index contributed by atoms with van der Waals surface area (Å²) in [6.45, 7) is 5.57. The Kier molecular flexibility index (Phi) is 9.55. The van der Waals surface area contributed by atoms with Gasteiger partial charge in [0.05, 0.1) is 37.4 Å². The number of ether oxygens (including phenoxy) is 3. The van der Waals surface area contributed by atoms with Crippen molar-refractivity contribution < 1.29 is 36.5 Å². The number of methoxy groups -OCH3 is 1. The lowest BCUT2D eigenvalue weighted by molar-refractivity contribution is -0.0883.